The number of carbonyl (C=O) groups is 3. The zero-order valence-corrected chi connectivity index (χ0v) is 38.8. The topological polar surface area (TPSA) is 72.9 Å². The second-order valence-corrected chi connectivity index (χ2v) is 18.0. The van der Waals surface area contributed by atoms with Crippen LogP contribution in [-0.4, -0.2) is 55.5 Å². The van der Waals surface area contributed by atoms with E-state index in [1.54, 1.807) is 0 Å². The van der Waals surface area contributed by atoms with Crippen LogP contribution in [0.2, 0.25) is 0 Å². The molecule has 0 saturated heterocycles. The molecule has 0 spiro atoms. The highest BCUT2D eigenvalue weighted by molar-refractivity contribution is 5.80. The van der Waals surface area contributed by atoms with Crippen molar-refractivity contribution in [2.24, 2.45) is 17.8 Å². The van der Waals surface area contributed by atoms with Crippen molar-refractivity contribution in [1.82, 2.24) is 4.90 Å². The van der Waals surface area contributed by atoms with Crippen molar-refractivity contribution >= 4 is 17.7 Å². The van der Waals surface area contributed by atoms with E-state index < -0.39 is 0 Å². The molecule has 0 saturated carbocycles. The maximum atomic E-state index is 13.0. The predicted molar refractivity (Wildman–Crippen MR) is 240 cm³/mol. The van der Waals surface area contributed by atoms with Gasteiger partial charge >= 0.3 is 11.9 Å². The van der Waals surface area contributed by atoms with Crippen molar-refractivity contribution in [2.75, 3.05) is 26.8 Å². The van der Waals surface area contributed by atoms with E-state index in [-0.39, 0.29) is 11.9 Å². The lowest BCUT2D eigenvalue weighted by molar-refractivity contribution is -0.146. The first-order valence-electron chi connectivity index (χ1n) is 24.7. The van der Waals surface area contributed by atoms with Crippen molar-refractivity contribution in [3.63, 3.8) is 0 Å². The molecule has 0 N–H and O–H groups in total. The Morgan fingerprint density at radius 1 is 0.411 bits per heavy atom. The Labute approximate surface area is 349 Å². The van der Waals surface area contributed by atoms with Crippen LogP contribution in [0.3, 0.4) is 0 Å². The van der Waals surface area contributed by atoms with Gasteiger partial charge in [-0.25, -0.2) is 0 Å². The van der Waals surface area contributed by atoms with Gasteiger partial charge in [-0.15, -0.1) is 0 Å². The largest absolute Gasteiger partial charge is 0.466 e. The molecule has 0 fully saturated rings. The zero-order chi connectivity index (χ0) is 41.5. The summed E-state index contributed by atoms with van der Waals surface area (Å²) < 4.78 is 11.2. The number of unbranched alkanes of at least 4 members (excludes halogenated alkanes) is 18. The van der Waals surface area contributed by atoms with E-state index in [2.05, 4.69) is 53.5 Å². The highest BCUT2D eigenvalue weighted by Gasteiger charge is 2.18. The SMILES string of the molecule is CCCCC(CCCC)CC(=O)OCCCCCCCCCCC(CCCCCCCCCCOC(=O)CC(CCCC)CCCC)CC(=O)CN(C)C(C)C. The third kappa shape index (κ3) is 35.7. The van der Waals surface area contributed by atoms with E-state index in [1.165, 1.54) is 141 Å². The molecule has 6 heteroatoms. The average molecular weight is 792 g/mol. The zero-order valence-electron chi connectivity index (χ0n) is 38.8. The summed E-state index contributed by atoms with van der Waals surface area (Å²) in [5.41, 5.74) is 0. The first-order chi connectivity index (χ1) is 27.2. The second kappa shape index (κ2) is 40.4. The Bertz CT molecular complexity index is 819. The van der Waals surface area contributed by atoms with Crippen LogP contribution in [0.15, 0.2) is 0 Å². The van der Waals surface area contributed by atoms with Crippen molar-refractivity contribution < 1.29 is 23.9 Å². The molecule has 0 atom stereocenters. The Kier molecular flexibility index (Phi) is 39.3. The number of hydrogen-bond acceptors (Lipinski definition) is 6. The summed E-state index contributed by atoms with van der Waals surface area (Å²) in [7, 11) is 2.06. The minimum atomic E-state index is 0.0110. The van der Waals surface area contributed by atoms with Gasteiger partial charge in [-0.1, -0.05) is 182 Å². The lowest BCUT2D eigenvalue weighted by Gasteiger charge is -2.22. The fourth-order valence-corrected chi connectivity index (χ4v) is 8.02. The molecule has 6 nitrogen and oxygen atoms in total. The second-order valence-electron chi connectivity index (χ2n) is 18.0. The van der Waals surface area contributed by atoms with E-state index in [0.717, 1.165) is 57.8 Å². The number of esters is 2. The molecule has 0 aliphatic heterocycles. The molecule has 0 radical (unpaired) electrons. The van der Waals surface area contributed by atoms with Gasteiger partial charge in [0.05, 0.1) is 19.8 Å². The first kappa shape index (κ1) is 54.6. The van der Waals surface area contributed by atoms with Gasteiger partial charge in [-0.2, -0.15) is 0 Å². The highest BCUT2D eigenvalue weighted by Crippen LogP contribution is 2.24. The van der Waals surface area contributed by atoms with Crippen LogP contribution < -0.4 is 0 Å². The summed E-state index contributed by atoms with van der Waals surface area (Å²) in [5, 5.41) is 0. The van der Waals surface area contributed by atoms with Gasteiger partial charge in [0.1, 0.15) is 5.78 Å². The van der Waals surface area contributed by atoms with E-state index in [1.807, 2.05) is 0 Å². The number of carbonyl (C=O) groups excluding carboxylic acids is 3. The molecule has 56 heavy (non-hydrogen) atoms. The number of ketones is 1. The maximum absolute atomic E-state index is 13.0. The minimum absolute atomic E-state index is 0.0110. The number of hydrogen-bond donors (Lipinski definition) is 0. The van der Waals surface area contributed by atoms with Crippen molar-refractivity contribution in [2.45, 2.75) is 259 Å². The van der Waals surface area contributed by atoms with Crippen LogP contribution in [0, 0.1) is 17.8 Å². The van der Waals surface area contributed by atoms with Gasteiger partial charge in [0.2, 0.25) is 0 Å². The standard InChI is InChI=1S/C50H97NO5/c1-8-12-32-46(33-13-9-2)41-49(53)55-38-30-26-22-18-16-20-24-28-36-45(40-48(52)43-51(7)44(5)6)37-29-25-21-17-19-23-27-31-39-56-50(54)42-47(34-14-10-3)35-15-11-4/h44-47H,8-43H2,1-7H3. The Balaban J connectivity index is 4.17. The smallest absolute Gasteiger partial charge is 0.306 e. The number of rotatable bonds is 43. The van der Waals surface area contributed by atoms with Gasteiger partial charge in [-0.3, -0.25) is 19.3 Å². The molecule has 0 aromatic heterocycles. The monoisotopic (exact) mass is 792 g/mol. The highest BCUT2D eigenvalue weighted by atomic mass is 16.5. The fourth-order valence-electron chi connectivity index (χ4n) is 8.02. The predicted octanol–water partition coefficient (Wildman–Crippen LogP) is 14.8. The van der Waals surface area contributed by atoms with Crippen LogP contribution in [0.5, 0.6) is 0 Å². The molecule has 0 aliphatic carbocycles. The lowest BCUT2D eigenvalue weighted by Crippen LogP contribution is -2.32. The van der Waals surface area contributed by atoms with Gasteiger partial charge in [0.15, 0.2) is 0 Å². The summed E-state index contributed by atoms with van der Waals surface area (Å²) in [6, 6.07) is 0.397. The molecule has 0 unspecified atom stereocenters. The lowest BCUT2D eigenvalue weighted by atomic mass is 9.89. The molecule has 0 bridgehead atoms. The van der Waals surface area contributed by atoms with Gasteiger partial charge in [-0.05, 0) is 77.2 Å². The maximum Gasteiger partial charge on any atom is 0.306 e. The number of nitrogens with zero attached hydrogens (tertiary/aromatic N) is 1. The molecule has 0 heterocycles. The van der Waals surface area contributed by atoms with Crippen LogP contribution in [0.1, 0.15) is 253 Å². The molecular formula is C50H97NO5. The van der Waals surface area contributed by atoms with Gasteiger partial charge < -0.3 is 9.47 Å². The minimum Gasteiger partial charge on any atom is -0.466 e. The van der Waals surface area contributed by atoms with Crippen LogP contribution in [0.4, 0.5) is 0 Å². The van der Waals surface area contributed by atoms with Crippen LogP contribution in [-0.2, 0) is 23.9 Å². The van der Waals surface area contributed by atoms with E-state index in [0.29, 0.717) is 62.2 Å². The number of likely N-dealkylation sites (N-methyl/N-ethyl adjacent to an activating group) is 1. The molecule has 0 rings (SSSR count). The summed E-state index contributed by atoms with van der Waals surface area (Å²) in [5.74, 6) is 1.95. The van der Waals surface area contributed by atoms with Gasteiger partial charge in [0, 0.05) is 25.3 Å². The molecule has 0 aromatic rings. The molecule has 332 valence electrons. The number of ether oxygens (including phenoxy) is 2. The summed E-state index contributed by atoms with van der Waals surface area (Å²) in [6.45, 7) is 15.0. The van der Waals surface area contributed by atoms with E-state index >= 15 is 0 Å². The van der Waals surface area contributed by atoms with Crippen molar-refractivity contribution in [1.29, 1.82) is 0 Å². The molecular weight excluding hydrogens is 695 g/mol. The third-order valence-corrected chi connectivity index (χ3v) is 12.1. The number of Topliss-reactive ketones (excluding diaryl/α,β-unsaturated/α-hetero) is 1. The Morgan fingerprint density at radius 2 is 0.696 bits per heavy atom. The summed E-state index contributed by atoms with van der Waals surface area (Å²) in [6.07, 6.45) is 37.9. The summed E-state index contributed by atoms with van der Waals surface area (Å²) >= 11 is 0. The normalized spacial score (nSPS) is 11.9. The van der Waals surface area contributed by atoms with Gasteiger partial charge in [0.25, 0.3) is 0 Å². The van der Waals surface area contributed by atoms with E-state index in [4.69, 9.17) is 9.47 Å². The molecule has 0 aromatic carbocycles. The fraction of sp³-hybridized carbons (Fsp3) is 0.940. The Hall–Kier alpha value is -1.43. The van der Waals surface area contributed by atoms with E-state index in [9.17, 15) is 14.4 Å². The average Bonchev–Trinajstić information content (AvgIpc) is 3.17. The molecule has 0 amide bonds. The van der Waals surface area contributed by atoms with Crippen molar-refractivity contribution in [3.05, 3.63) is 0 Å². The van der Waals surface area contributed by atoms with Crippen LogP contribution >= 0.6 is 0 Å². The first-order valence-corrected chi connectivity index (χ1v) is 24.7. The van der Waals surface area contributed by atoms with Crippen LogP contribution in [0.25, 0.3) is 0 Å². The quantitative estimate of drug-likeness (QED) is 0.0452. The van der Waals surface area contributed by atoms with Crippen molar-refractivity contribution in [3.8, 4) is 0 Å². The molecule has 0 aliphatic rings. The summed E-state index contributed by atoms with van der Waals surface area (Å²) in [4.78, 5) is 39.8. The Morgan fingerprint density at radius 3 is 1.02 bits per heavy atom. The third-order valence-electron chi connectivity index (χ3n) is 12.1.